The topological polar surface area (TPSA) is 42.0 Å². The van der Waals surface area contributed by atoms with Crippen LogP contribution in [0.4, 0.5) is 0 Å². The van der Waals surface area contributed by atoms with Gasteiger partial charge in [-0.15, -0.1) is 0 Å². The molecule has 3 nitrogen and oxygen atoms in total. The molecule has 0 fully saturated rings. The van der Waals surface area contributed by atoms with E-state index in [-0.39, 0.29) is 5.91 Å². The van der Waals surface area contributed by atoms with Crippen LogP contribution in [0.15, 0.2) is 60.8 Å². The molecule has 0 atom stereocenters. The lowest BCUT2D eigenvalue weighted by molar-refractivity contribution is 0.0951. The number of nitrogens with one attached hydrogen (secondary N) is 1. The summed E-state index contributed by atoms with van der Waals surface area (Å²) in [5, 5.41) is 3.93. The second kappa shape index (κ2) is 5.75. The third kappa shape index (κ3) is 2.92. The number of hydrogen-bond donors (Lipinski definition) is 1. The van der Waals surface area contributed by atoms with Crippen molar-refractivity contribution in [3.8, 4) is 0 Å². The zero-order valence-electron chi connectivity index (χ0n) is 11.8. The first-order valence-corrected chi connectivity index (χ1v) is 6.91. The number of benzene rings is 2. The Hall–Kier alpha value is -2.68. The molecule has 3 rings (SSSR count). The molecule has 1 amide bonds. The number of fused-ring (bicyclic) bond motifs is 1. The van der Waals surface area contributed by atoms with Gasteiger partial charge in [-0.25, -0.2) is 0 Å². The fraction of sp³-hybridized carbons (Fsp3) is 0.111. The molecular formula is C18H16N2O. The molecule has 3 aromatic rings. The summed E-state index contributed by atoms with van der Waals surface area (Å²) >= 11 is 0. The second-order valence-corrected chi connectivity index (χ2v) is 5.02. The van der Waals surface area contributed by atoms with Crippen LogP contribution in [0.5, 0.6) is 0 Å². The van der Waals surface area contributed by atoms with Crippen LogP contribution in [0.2, 0.25) is 0 Å². The highest BCUT2D eigenvalue weighted by atomic mass is 16.1. The van der Waals surface area contributed by atoms with E-state index >= 15 is 0 Å². The number of aryl methyl sites for hydroxylation is 1. The Morgan fingerprint density at radius 3 is 2.81 bits per heavy atom. The van der Waals surface area contributed by atoms with Crippen molar-refractivity contribution in [3.63, 3.8) is 0 Å². The Balaban J connectivity index is 1.76. The lowest BCUT2D eigenvalue weighted by Crippen LogP contribution is -2.23. The van der Waals surface area contributed by atoms with Gasteiger partial charge in [-0.05, 0) is 42.3 Å². The number of carbonyl (C=O) groups is 1. The normalized spacial score (nSPS) is 10.5. The maximum Gasteiger partial charge on any atom is 0.251 e. The molecule has 0 aliphatic carbocycles. The monoisotopic (exact) mass is 276 g/mol. The van der Waals surface area contributed by atoms with Gasteiger partial charge in [0.05, 0.1) is 5.52 Å². The summed E-state index contributed by atoms with van der Waals surface area (Å²) in [6.07, 6.45) is 1.75. The van der Waals surface area contributed by atoms with Gasteiger partial charge in [0, 0.05) is 23.7 Å². The van der Waals surface area contributed by atoms with Crippen LogP contribution in [0.25, 0.3) is 10.9 Å². The number of aromatic nitrogens is 1. The Labute approximate surface area is 123 Å². The zero-order chi connectivity index (χ0) is 14.7. The van der Waals surface area contributed by atoms with Crippen molar-refractivity contribution in [2.45, 2.75) is 13.5 Å². The lowest BCUT2D eigenvalue weighted by Gasteiger charge is -2.08. The summed E-state index contributed by atoms with van der Waals surface area (Å²) in [6.45, 7) is 2.58. The highest BCUT2D eigenvalue weighted by Gasteiger charge is 2.07. The molecule has 0 bridgehead atoms. The maximum absolute atomic E-state index is 12.2. The van der Waals surface area contributed by atoms with Crippen molar-refractivity contribution >= 4 is 16.8 Å². The summed E-state index contributed by atoms with van der Waals surface area (Å²) in [7, 11) is 0. The van der Waals surface area contributed by atoms with Gasteiger partial charge in [-0.1, -0.05) is 30.3 Å². The van der Waals surface area contributed by atoms with Gasteiger partial charge < -0.3 is 5.32 Å². The average Bonchev–Trinajstić information content (AvgIpc) is 2.53. The third-order valence-corrected chi connectivity index (χ3v) is 3.57. The second-order valence-electron chi connectivity index (χ2n) is 5.02. The molecule has 0 unspecified atom stereocenters. The van der Waals surface area contributed by atoms with Crippen molar-refractivity contribution in [2.75, 3.05) is 0 Å². The molecule has 1 N–H and O–H groups in total. The van der Waals surface area contributed by atoms with Crippen LogP contribution in [0, 0.1) is 6.92 Å². The Morgan fingerprint density at radius 2 is 1.95 bits per heavy atom. The molecule has 0 radical (unpaired) electrons. The largest absolute Gasteiger partial charge is 0.348 e. The van der Waals surface area contributed by atoms with E-state index in [9.17, 15) is 4.79 Å². The number of amides is 1. The summed E-state index contributed by atoms with van der Waals surface area (Å²) in [4.78, 5) is 16.5. The van der Waals surface area contributed by atoms with E-state index in [4.69, 9.17) is 0 Å². The first kappa shape index (κ1) is 13.3. The fourth-order valence-electron chi connectivity index (χ4n) is 2.30. The fourth-order valence-corrected chi connectivity index (χ4v) is 2.30. The van der Waals surface area contributed by atoms with Crippen LogP contribution < -0.4 is 5.32 Å². The summed E-state index contributed by atoms with van der Waals surface area (Å²) in [6, 6.07) is 17.4. The maximum atomic E-state index is 12.2. The minimum absolute atomic E-state index is 0.0657. The first-order valence-electron chi connectivity index (χ1n) is 6.91. The van der Waals surface area contributed by atoms with E-state index in [0.717, 1.165) is 16.5 Å². The van der Waals surface area contributed by atoms with Gasteiger partial charge in [0.2, 0.25) is 0 Å². The van der Waals surface area contributed by atoms with E-state index < -0.39 is 0 Å². The average molecular weight is 276 g/mol. The molecule has 0 spiro atoms. The predicted octanol–water partition coefficient (Wildman–Crippen LogP) is 3.47. The molecule has 3 heteroatoms. The van der Waals surface area contributed by atoms with Gasteiger partial charge >= 0.3 is 0 Å². The number of rotatable bonds is 3. The molecule has 0 saturated carbocycles. The van der Waals surface area contributed by atoms with Crippen LogP contribution >= 0.6 is 0 Å². The number of nitrogens with zero attached hydrogens (tertiary/aromatic N) is 1. The van der Waals surface area contributed by atoms with Crippen LogP contribution in [-0.2, 0) is 6.54 Å². The van der Waals surface area contributed by atoms with Crippen molar-refractivity contribution in [2.24, 2.45) is 0 Å². The van der Waals surface area contributed by atoms with Crippen molar-refractivity contribution < 1.29 is 4.79 Å². The van der Waals surface area contributed by atoms with E-state index in [1.54, 1.807) is 6.20 Å². The smallest absolute Gasteiger partial charge is 0.251 e. The van der Waals surface area contributed by atoms with E-state index in [2.05, 4.69) is 10.3 Å². The van der Waals surface area contributed by atoms with Gasteiger partial charge in [0.1, 0.15) is 0 Å². The minimum Gasteiger partial charge on any atom is -0.348 e. The quantitative estimate of drug-likeness (QED) is 0.796. The van der Waals surface area contributed by atoms with Crippen LogP contribution in [0.3, 0.4) is 0 Å². The highest BCUT2D eigenvalue weighted by Crippen LogP contribution is 2.13. The molecule has 1 aromatic heterocycles. The standard InChI is InChI=1S/C18H16N2O/c1-13-5-2-3-6-16(13)12-20-18(21)15-8-9-17-14(11-15)7-4-10-19-17/h2-11H,12H2,1H3,(H,20,21). The molecule has 1 heterocycles. The van der Waals surface area contributed by atoms with Crippen LogP contribution in [0.1, 0.15) is 21.5 Å². The van der Waals surface area contributed by atoms with Crippen molar-refractivity contribution in [1.29, 1.82) is 0 Å². The predicted molar refractivity (Wildman–Crippen MR) is 84.1 cm³/mol. The summed E-state index contributed by atoms with van der Waals surface area (Å²) in [5.41, 5.74) is 3.87. The van der Waals surface area contributed by atoms with E-state index in [1.165, 1.54) is 5.56 Å². The lowest BCUT2D eigenvalue weighted by atomic mass is 10.1. The summed E-state index contributed by atoms with van der Waals surface area (Å²) in [5.74, 6) is -0.0657. The third-order valence-electron chi connectivity index (χ3n) is 3.57. The Kier molecular flexibility index (Phi) is 3.65. The highest BCUT2D eigenvalue weighted by molar-refractivity contribution is 5.97. The number of pyridine rings is 1. The zero-order valence-corrected chi connectivity index (χ0v) is 11.8. The Morgan fingerprint density at radius 1 is 1.10 bits per heavy atom. The molecule has 0 aliphatic heterocycles. The first-order chi connectivity index (χ1) is 10.2. The van der Waals surface area contributed by atoms with Gasteiger partial charge in [-0.3, -0.25) is 9.78 Å². The molecule has 104 valence electrons. The van der Waals surface area contributed by atoms with Crippen molar-refractivity contribution in [1.82, 2.24) is 10.3 Å². The van der Waals surface area contributed by atoms with E-state index in [1.807, 2.05) is 61.5 Å². The SMILES string of the molecule is Cc1ccccc1CNC(=O)c1ccc2ncccc2c1. The van der Waals surface area contributed by atoms with Gasteiger partial charge in [0.15, 0.2) is 0 Å². The summed E-state index contributed by atoms with van der Waals surface area (Å²) < 4.78 is 0. The van der Waals surface area contributed by atoms with Crippen LogP contribution in [-0.4, -0.2) is 10.9 Å². The number of hydrogen-bond acceptors (Lipinski definition) is 2. The molecule has 2 aromatic carbocycles. The number of carbonyl (C=O) groups excluding carboxylic acids is 1. The van der Waals surface area contributed by atoms with Gasteiger partial charge in [0.25, 0.3) is 5.91 Å². The molecule has 0 saturated heterocycles. The molecule has 0 aliphatic rings. The minimum atomic E-state index is -0.0657. The van der Waals surface area contributed by atoms with E-state index in [0.29, 0.717) is 12.1 Å². The van der Waals surface area contributed by atoms with Crippen molar-refractivity contribution in [3.05, 3.63) is 77.5 Å². The molecular weight excluding hydrogens is 260 g/mol. The van der Waals surface area contributed by atoms with Gasteiger partial charge in [-0.2, -0.15) is 0 Å². The molecule has 21 heavy (non-hydrogen) atoms. The Bertz CT molecular complexity index is 796.